The van der Waals surface area contributed by atoms with Crippen molar-refractivity contribution in [1.29, 1.82) is 0 Å². The van der Waals surface area contributed by atoms with Gasteiger partial charge in [-0.15, -0.1) is 0 Å². The summed E-state index contributed by atoms with van der Waals surface area (Å²) < 4.78 is 0. The lowest BCUT2D eigenvalue weighted by atomic mass is 10.00. The van der Waals surface area contributed by atoms with Crippen molar-refractivity contribution in [3.05, 3.63) is 59.7 Å². The van der Waals surface area contributed by atoms with Crippen molar-refractivity contribution in [3.63, 3.8) is 0 Å². The maximum absolute atomic E-state index is 12.0. The summed E-state index contributed by atoms with van der Waals surface area (Å²) in [5, 5.41) is 0. The number of aliphatic imine (C=N–C) groups is 1. The molecule has 0 aliphatic carbocycles. The van der Waals surface area contributed by atoms with E-state index in [2.05, 4.69) is 4.99 Å². The maximum Gasteiger partial charge on any atom is 0.248 e. The van der Waals surface area contributed by atoms with Gasteiger partial charge in [0.1, 0.15) is 6.54 Å². The zero-order chi connectivity index (χ0) is 14.1. The molecule has 1 aliphatic rings. The first-order chi connectivity index (χ1) is 9.66. The molecule has 3 rings (SSSR count). The predicted molar refractivity (Wildman–Crippen MR) is 81.2 cm³/mol. The highest BCUT2D eigenvalue weighted by Crippen LogP contribution is 2.27. The van der Waals surface area contributed by atoms with Gasteiger partial charge in [-0.2, -0.15) is 0 Å². The van der Waals surface area contributed by atoms with E-state index in [0.717, 1.165) is 22.5 Å². The average Bonchev–Trinajstić information content (AvgIpc) is 2.58. The third kappa shape index (κ3) is 2.05. The number of nitrogens with two attached hydrogens (primary N) is 1. The Bertz CT molecular complexity index is 692. The van der Waals surface area contributed by atoms with Gasteiger partial charge in [0.2, 0.25) is 5.91 Å². The summed E-state index contributed by atoms with van der Waals surface area (Å²) >= 11 is 0. The van der Waals surface area contributed by atoms with Crippen LogP contribution in [-0.2, 0) is 4.79 Å². The molecule has 20 heavy (non-hydrogen) atoms. The minimum atomic E-state index is -0.0260. The van der Waals surface area contributed by atoms with Crippen LogP contribution in [0.25, 0.3) is 0 Å². The molecule has 0 radical (unpaired) electrons. The maximum atomic E-state index is 12.0. The van der Waals surface area contributed by atoms with Crippen LogP contribution in [0, 0.1) is 0 Å². The van der Waals surface area contributed by atoms with Crippen LogP contribution in [0.3, 0.4) is 0 Å². The normalized spacial score (nSPS) is 14.6. The molecule has 0 aromatic heterocycles. The molecule has 2 aromatic rings. The predicted octanol–water partition coefficient (Wildman–Crippen LogP) is 2.08. The summed E-state index contributed by atoms with van der Waals surface area (Å²) in [5.74, 6) is -0.0260. The molecule has 1 heterocycles. The van der Waals surface area contributed by atoms with Crippen LogP contribution >= 0.6 is 0 Å². The van der Waals surface area contributed by atoms with Crippen molar-refractivity contribution < 1.29 is 4.79 Å². The van der Waals surface area contributed by atoms with Crippen molar-refractivity contribution in [2.24, 2.45) is 4.99 Å². The van der Waals surface area contributed by atoms with Crippen LogP contribution in [0.4, 0.5) is 11.4 Å². The summed E-state index contributed by atoms with van der Waals surface area (Å²) in [6.07, 6.45) is 0. The number of likely N-dealkylation sites (N-methyl/N-ethyl adjacent to an activating group) is 1. The number of nitrogen functional groups attached to an aromatic ring is 1. The van der Waals surface area contributed by atoms with Gasteiger partial charge in [0.25, 0.3) is 0 Å². The third-order valence-electron chi connectivity index (χ3n) is 3.43. The average molecular weight is 265 g/mol. The van der Waals surface area contributed by atoms with E-state index in [9.17, 15) is 4.79 Å². The summed E-state index contributed by atoms with van der Waals surface area (Å²) in [6, 6.07) is 15.4. The van der Waals surface area contributed by atoms with E-state index >= 15 is 0 Å². The van der Waals surface area contributed by atoms with Gasteiger partial charge >= 0.3 is 0 Å². The minimum Gasteiger partial charge on any atom is -0.399 e. The molecule has 100 valence electrons. The smallest absolute Gasteiger partial charge is 0.248 e. The molecule has 0 spiro atoms. The van der Waals surface area contributed by atoms with Gasteiger partial charge in [-0.3, -0.25) is 9.79 Å². The number of fused-ring (bicyclic) bond motifs is 1. The Morgan fingerprint density at radius 1 is 1.15 bits per heavy atom. The van der Waals surface area contributed by atoms with E-state index in [1.54, 1.807) is 18.0 Å². The minimum absolute atomic E-state index is 0.0260. The highest BCUT2D eigenvalue weighted by molar-refractivity contribution is 6.19. The fourth-order valence-corrected chi connectivity index (χ4v) is 2.35. The number of rotatable bonds is 1. The second-order valence-corrected chi connectivity index (χ2v) is 4.76. The van der Waals surface area contributed by atoms with Gasteiger partial charge in [-0.05, 0) is 18.2 Å². The van der Waals surface area contributed by atoms with Crippen molar-refractivity contribution in [2.75, 3.05) is 24.2 Å². The SMILES string of the molecule is CN1C(=O)CN=C(c2ccccc2)c2cc(N)ccc21. The lowest BCUT2D eigenvalue weighted by Gasteiger charge is -2.18. The molecule has 4 heteroatoms. The molecule has 1 aliphatic heterocycles. The van der Waals surface area contributed by atoms with Gasteiger partial charge in [0.05, 0.1) is 11.4 Å². The Kier molecular flexibility index (Phi) is 2.99. The molecule has 2 N–H and O–H groups in total. The molecule has 0 saturated carbocycles. The Balaban J connectivity index is 2.23. The van der Waals surface area contributed by atoms with Gasteiger partial charge in [-0.1, -0.05) is 30.3 Å². The third-order valence-corrected chi connectivity index (χ3v) is 3.43. The lowest BCUT2D eigenvalue weighted by molar-refractivity contribution is -0.116. The van der Waals surface area contributed by atoms with Crippen LogP contribution in [0.1, 0.15) is 11.1 Å². The molecule has 1 amide bonds. The molecule has 4 nitrogen and oxygen atoms in total. The first kappa shape index (κ1) is 12.4. The van der Waals surface area contributed by atoms with E-state index in [1.807, 2.05) is 42.5 Å². The molecule has 0 bridgehead atoms. The number of nitrogens with zero attached hydrogens (tertiary/aromatic N) is 2. The van der Waals surface area contributed by atoms with Crippen LogP contribution in [0.15, 0.2) is 53.5 Å². The van der Waals surface area contributed by atoms with Crippen LogP contribution in [0.2, 0.25) is 0 Å². The summed E-state index contributed by atoms with van der Waals surface area (Å²) in [6.45, 7) is 0.148. The van der Waals surface area contributed by atoms with E-state index < -0.39 is 0 Å². The molecule has 0 unspecified atom stereocenters. The Morgan fingerprint density at radius 2 is 1.90 bits per heavy atom. The van der Waals surface area contributed by atoms with Gasteiger partial charge in [0, 0.05) is 23.9 Å². The number of hydrogen-bond donors (Lipinski definition) is 1. The molecule has 0 atom stereocenters. The van der Waals surface area contributed by atoms with E-state index in [-0.39, 0.29) is 12.5 Å². The van der Waals surface area contributed by atoms with Crippen LogP contribution in [0.5, 0.6) is 0 Å². The number of benzodiazepines with no additional fused rings is 1. The number of benzene rings is 2. The Hall–Kier alpha value is -2.62. The number of amides is 1. The molecular formula is C16H15N3O. The van der Waals surface area contributed by atoms with E-state index in [1.165, 1.54) is 0 Å². The number of hydrogen-bond acceptors (Lipinski definition) is 3. The highest BCUT2D eigenvalue weighted by atomic mass is 16.2. The Morgan fingerprint density at radius 3 is 2.65 bits per heavy atom. The summed E-state index contributed by atoms with van der Waals surface area (Å²) in [7, 11) is 1.76. The first-order valence-corrected chi connectivity index (χ1v) is 6.43. The van der Waals surface area contributed by atoms with Crippen LogP contribution in [-0.4, -0.2) is 25.2 Å². The van der Waals surface area contributed by atoms with Crippen molar-refractivity contribution >= 4 is 23.0 Å². The standard InChI is InChI=1S/C16H15N3O/c1-19-14-8-7-12(17)9-13(14)16(18-10-15(19)20)11-5-3-2-4-6-11/h2-9H,10,17H2,1H3. The number of anilines is 2. The fourth-order valence-electron chi connectivity index (χ4n) is 2.35. The Labute approximate surface area is 117 Å². The van der Waals surface area contributed by atoms with E-state index in [4.69, 9.17) is 5.73 Å². The molecule has 0 fully saturated rings. The molecular weight excluding hydrogens is 250 g/mol. The fraction of sp³-hybridized carbons (Fsp3) is 0.125. The summed E-state index contributed by atoms with van der Waals surface area (Å²) in [5.41, 5.74) is 10.1. The summed E-state index contributed by atoms with van der Waals surface area (Å²) in [4.78, 5) is 18.1. The second-order valence-electron chi connectivity index (χ2n) is 4.76. The molecule has 2 aromatic carbocycles. The van der Waals surface area contributed by atoms with Crippen molar-refractivity contribution in [3.8, 4) is 0 Å². The molecule has 0 saturated heterocycles. The van der Waals surface area contributed by atoms with Crippen LogP contribution < -0.4 is 10.6 Å². The number of carbonyl (C=O) groups excluding carboxylic acids is 1. The second kappa shape index (κ2) is 4.81. The largest absolute Gasteiger partial charge is 0.399 e. The van der Waals surface area contributed by atoms with Gasteiger partial charge in [-0.25, -0.2) is 0 Å². The quantitative estimate of drug-likeness (QED) is 0.803. The van der Waals surface area contributed by atoms with E-state index in [0.29, 0.717) is 5.69 Å². The highest BCUT2D eigenvalue weighted by Gasteiger charge is 2.22. The zero-order valence-electron chi connectivity index (χ0n) is 11.2. The first-order valence-electron chi connectivity index (χ1n) is 6.43. The van der Waals surface area contributed by atoms with Gasteiger partial charge in [0.15, 0.2) is 0 Å². The topological polar surface area (TPSA) is 58.7 Å². The lowest BCUT2D eigenvalue weighted by Crippen LogP contribution is -2.27. The van der Waals surface area contributed by atoms with Crippen molar-refractivity contribution in [1.82, 2.24) is 0 Å². The number of carbonyl (C=O) groups is 1. The monoisotopic (exact) mass is 265 g/mol. The van der Waals surface area contributed by atoms with Gasteiger partial charge < -0.3 is 10.6 Å². The van der Waals surface area contributed by atoms with Crippen molar-refractivity contribution in [2.45, 2.75) is 0 Å². The zero-order valence-corrected chi connectivity index (χ0v) is 11.2.